The molecule has 2 N–H and O–H groups in total. The number of H-pyrrole nitrogens is 2. The minimum Gasteiger partial charge on any atom is -0.305 e. The van der Waals surface area contributed by atoms with Gasteiger partial charge in [-0.1, -0.05) is 24.3 Å². The van der Waals surface area contributed by atoms with E-state index in [1.54, 1.807) is 36.4 Å². The van der Waals surface area contributed by atoms with Crippen LogP contribution < -0.4 is 5.56 Å². The minimum absolute atomic E-state index is 0.0620. The topological polar surface area (TPSA) is 141 Å². The van der Waals surface area contributed by atoms with Gasteiger partial charge in [0.05, 0.1) is 33.3 Å². The van der Waals surface area contributed by atoms with E-state index in [0.717, 1.165) is 0 Å². The van der Waals surface area contributed by atoms with E-state index in [9.17, 15) is 20.2 Å². The number of hydrogen-bond donors (Lipinski definition) is 2. The number of aromatic nitrogens is 4. The van der Waals surface area contributed by atoms with E-state index < -0.39 is 4.92 Å². The highest BCUT2D eigenvalue weighted by Gasteiger charge is 2.13. The first-order valence-corrected chi connectivity index (χ1v) is 8.46. The Kier molecular flexibility index (Phi) is 4.43. The van der Waals surface area contributed by atoms with Crippen LogP contribution in [0.25, 0.3) is 33.8 Å². The predicted molar refractivity (Wildman–Crippen MR) is 107 cm³/mol. The fourth-order valence-electron chi connectivity index (χ4n) is 2.93. The fourth-order valence-corrected chi connectivity index (χ4v) is 2.93. The lowest BCUT2D eigenvalue weighted by molar-refractivity contribution is -0.384. The number of hydrogen-bond acceptors (Lipinski definition) is 6. The summed E-state index contributed by atoms with van der Waals surface area (Å²) in [5.74, 6) is 0.127. The molecule has 0 aliphatic carbocycles. The number of aromatic amines is 2. The third kappa shape index (κ3) is 3.38. The number of para-hydroxylation sites is 1. The SMILES string of the molecule is N#C/C(=C/c1cn[nH]c1-c1cccc([N+](=O)[O-])c1)c1nc2ccccc2c(=O)[nH]1. The lowest BCUT2D eigenvalue weighted by Gasteiger charge is -2.03. The highest BCUT2D eigenvalue weighted by atomic mass is 16.6. The smallest absolute Gasteiger partial charge is 0.270 e. The van der Waals surface area contributed by atoms with Crippen molar-refractivity contribution >= 4 is 28.2 Å². The van der Waals surface area contributed by atoms with Crippen LogP contribution >= 0.6 is 0 Å². The number of benzene rings is 2. The van der Waals surface area contributed by atoms with Crippen molar-refractivity contribution in [2.45, 2.75) is 0 Å². The van der Waals surface area contributed by atoms with Crippen molar-refractivity contribution in [3.05, 3.63) is 86.6 Å². The Morgan fingerprint density at radius 1 is 1.21 bits per heavy atom. The second-order valence-electron chi connectivity index (χ2n) is 6.11. The molecule has 0 spiro atoms. The summed E-state index contributed by atoms with van der Waals surface area (Å²) < 4.78 is 0. The lowest BCUT2D eigenvalue weighted by atomic mass is 10.1. The van der Waals surface area contributed by atoms with Gasteiger partial charge in [0.15, 0.2) is 5.82 Å². The van der Waals surface area contributed by atoms with Gasteiger partial charge in [0.25, 0.3) is 11.2 Å². The van der Waals surface area contributed by atoms with Gasteiger partial charge in [0.1, 0.15) is 6.07 Å². The van der Waals surface area contributed by atoms with Gasteiger partial charge >= 0.3 is 0 Å². The number of allylic oxidation sites excluding steroid dienone is 1. The van der Waals surface area contributed by atoms with Crippen molar-refractivity contribution in [3.8, 4) is 17.3 Å². The lowest BCUT2D eigenvalue weighted by Crippen LogP contribution is -2.11. The van der Waals surface area contributed by atoms with E-state index in [2.05, 4.69) is 20.2 Å². The molecule has 2 heterocycles. The first-order chi connectivity index (χ1) is 14.1. The maximum Gasteiger partial charge on any atom is 0.270 e. The molecule has 0 saturated heterocycles. The highest BCUT2D eigenvalue weighted by Crippen LogP contribution is 2.27. The van der Waals surface area contributed by atoms with Crippen LogP contribution in [0.1, 0.15) is 11.4 Å². The first-order valence-electron chi connectivity index (χ1n) is 8.46. The molecule has 0 bridgehead atoms. The molecule has 0 radical (unpaired) electrons. The third-order valence-electron chi connectivity index (χ3n) is 4.30. The molecule has 2 aromatic heterocycles. The van der Waals surface area contributed by atoms with Crippen molar-refractivity contribution in [3.63, 3.8) is 0 Å². The molecule has 0 amide bonds. The molecule has 0 unspecified atom stereocenters. The van der Waals surface area contributed by atoms with Gasteiger partial charge in [-0.25, -0.2) is 4.98 Å². The average molecular weight is 384 g/mol. The largest absolute Gasteiger partial charge is 0.305 e. The molecule has 0 aliphatic heterocycles. The molecule has 9 heteroatoms. The standard InChI is InChI=1S/C20H12N6O3/c21-10-13(19-23-17-7-2-1-6-16(17)20(27)24-19)8-14-11-22-25-18(14)12-4-3-5-15(9-12)26(28)29/h1-9,11H,(H,22,25)(H,23,24,27)/b13-8-. The summed E-state index contributed by atoms with van der Waals surface area (Å²) in [6, 6.07) is 14.9. The van der Waals surface area contributed by atoms with Crippen LogP contribution in [0, 0.1) is 21.4 Å². The normalized spacial score (nSPS) is 11.3. The van der Waals surface area contributed by atoms with Crippen LogP contribution in [-0.2, 0) is 0 Å². The summed E-state index contributed by atoms with van der Waals surface area (Å²) >= 11 is 0. The maximum atomic E-state index is 12.3. The van der Waals surface area contributed by atoms with Gasteiger partial charge in [-0.15, -0.1) is 0 Å². The quantitative estimate of drug-likeness (QED) is 0.314. The fraction of sp³-hybridized carbons (Fsp3) is 0. The summed E-state index contributed by atoms with van der Waals surface area (Å²) in [6.07, 6.45) is 3.01. The third-order valence-corrected chi connectivity index (χ3v) is 4.30. The Hall–Kier alpha value is -4.58. The van der Waals surface area contributed by atoms with Gasteiger partial charge in [-0.05, 0) is 18.2 Å². The Morgan fingerprint density at radius 3 is 2.83 bits per heavy atom. The van der Waals surface area contributed by atoms with Crippen LogP contribution in [0.4, 0.5) is 5.69 Å². The van der Waals surface area contributed by atoms with Crippen LogP contribution in [0.15, 0.2) is 59.5 Å². The number of rotatable bonds is 4. The zero-order valence-electron chi connectivity index (χ0n) is 14.8. The summed E-state index contributed by atoms with van der Waals surface area (Å²) in [7, 11) is 0. The van der Waals surface area contributed by atoms with Crippen molar-refractivity contribution in [1.82, 2.24) is 20.2 Å². The maximum absolute atomic E-state index is 12.3. The second kappa shape index (κ2) is 7.21. The van der Waals surface area contributed by atoms with Crippen LogP contribution in [-0.4, -0.2) is 25.1 Å². The molecule has 0 aliphatic rings. The molecular weight excluding hydrogens is 372 g/mol. The van der Waals surface area contributed by atoms with Gasteiger partial charge in [-0.2, -0.15) is 10.4 Å². The predicted octanol–water partition coefficient (Wildman–Crippen LogP) is 3.29. The van der Waals surface area contributed by atoms with Crippen molar-refractivity contribution in [1.29, 1.82) is 5.26 Å². The average Bonchev–Trinajstić information content (AvgIpc) is 3.20. The van der Waals surface area contributed by atoms with Crippen molar-refractivity contribution in [2.75, 3.05) is 0 Å². The van der Waals surface area contributed by atoms with Crippen LogP contribution in [0.3, 0.4) is 0 Å². The van der Waals surface area contributed by atoms with E-state index in [-0.39, 0.29) is 22.6 Å². The van der Waals surface area contributed by atoms with E-state index in [1.165, 1.54) is 24.4 Å². The number of fused-ring (bicyclic) bond motifs is 1. The van der Waals surface area contributed by atoms with Crippen LogP contribution in [0.5, 0.6) is 0 Å². The molecule has 9 nitrogen and oxygen atoms in total. The molecule has 29 heavy (non-hydrogen) atoms. The Morgan fingerprint density at radius 2 is 2.03 bits per heavy atom. The van der Waals surface area contributed by atoms with E-state index in [1.807, 2.05) is 6.07 Å². The number of nitrogens with zero attached hydrogens (tertiary/aromatic N) is 4. The molecule has 0 atom stereocenters. The van der Waals surface area contributed by atoms with Gasteiger partial charge in [-0.3, -0.25) is 20.0 Å². The molecule has 0 fully saturated rings. The molecule has 4 rings (SSSR count). The minimum atomic E-state index is -0.486. The second-order valence-corrected chi connectivity index (χ2v) is 6.11. The summed E-state index contributed by atoms with van der Waals surface area (Å²) in [6.45, 7) is 0. The van der Waals surface area contributed by atoms with Crippen LogP contribution in [0.2, 0.25) is 0 Å². The van der Waals surface area contributed by atoms with E-state index in [4.69, 9.17) is 0 Å². The molecule has 2 aromatic carbocycles. The number of non-ortho nitro benzene ring substituents is 1. The number of nitro groups is 1. The first kappa shape index (κ1) is 17.8. The monoisotopic (exact) mass is 384 g/mol. The molecule has 0 saturated carbocycles. The Labute approximate surface area is 163 Å². The van der Waals surface area contributed by atoms with Gasteiger partial charge in [0.2, 0.25) is 0 Å². The number of nitro benzene ring substituents is 1. The molecule has 4 aromatic rings. The van der Waals surface area contributed by atoms with Crippen molar-refractivity contribution in [2.24, 2.45) is 0 Å². The Balaban J connectivity index is 1.82. The summed E-state index contributed by atoms with van der Waals surface area (Å²) in [4.78, 5) is 29.8. The molecular formula is C20H12N6O3. The van der Waals surface area contributed by atoms with Gasteiger partial charge in [0, 0.05) is 23.3 Å². The summed E-state index contributed by atoms with van der Waals surface area (Å²) in [5.41, 5.74) is 1.76. The van der Waals surface area contributed by atoms with Gasteiger partial charge < -0.3 is 4.98 Å². The Bertz CT molecular complexity index is 1380. The number of nitriles is 1. The van der Waals surface area contributed by atoms with E-state index >= 15 is 0 Å². The highest BCUT2D eigenvalue weighted by molar-refractivity contribution is 5.91. The zero-order valence-corrected chi connectivity index (χ0v) is 14.8. The number of nitrogens with one attached hydrogen (secondary N) is 2. The van der Waals surface area contributed by atoms with E-state index in [0.29, 0.717) is 27.7 Å². The zero-order chi connectivity index (χ0) is 20.4. The summed E-state index contributed by atoms with van der Waals surface area (Å²) in [5, 5.41) is 27.9. The molecule has 140 valence electrons. The van der Waals surface area contributed by atoms with Crippen molar-refractivity contribution < 1.29 is 4.92 Å².